The van der Waals surface area contributed by atoms with Gasteiger partial charge in [0.15, 0.2) is 0 Å². The molecule has 1 unspecified atom stereocenters. The largest absolute Gasteiger partial charge is 0.489 e. The molecule has 0 saturated carbocycles. The number of alkyl halides is 4. The summed E-state index contributed by atoms with van der Waals surface area (Å²) in [4.78, 5) is 0. The molecule has 2 aromatic carbocycles. The van der Waals surface area contributed by atoms with Crippen molar-refractivity contribution in [1.82, 2.24) is 0 Å². The Hall–Kier alpha value is -1.36. The second-order valence-electron chi connectivity index (χ2n) is 7.40. The molecular formula is C24H24Cl4O3. The average molecular weight is 502 g/mol. The van der Waals surface area contributed by atoms with Gasteiger partial charge in [-0.1, -0.05) is 18.2 Å². The Kier molecular flexibility index (Phi) is 9.43. The predicted molar refractivity (Wildman–Crippen MR) is 129 cm³/mol. The fourth-order valence-electron chi connectivity index (χ4n) is 3.41. The summed E-state index contributed by atoms with van der Waals surface area (Å²) in [7, 11) is 0. The van der Waals surface area contributed by atoms with Crippen LogP contribution in [-0.2, 0) is 23.5 Å². The van der Waals surface area contributed by atoms with Crippen LogP contribution < -0.4 is 9.47 Å². The summed E-state index contributed by atoms with van der Waals surface area (Å²) in [5, 5.41) is 10.3. The van der Waals surface area contributed by atoms with Crippen molar-refractivity contribution >= 4 is 46.4 Å². The molecule has 0 heterocycles. The summed E-state index contributed by atoms with van der Waals surface area (Å²) >= 11 is 23.8. The lowest BCUT2D eigenvalue weighted by Gasteiger charge is -2.19. The number of ether oxygens (including phenoxy) is 2. The van der Waals surface area contributed by atoms with Crippen LogP contribution in [0.25, 0.3) is 0 Å². The Labute approximate surface area is 203 Å². The van der Waals surface area contributed by atoms with E-state index in [9.17, 15) is 5.11 Å². The van der Waals surface area contributed by atoms with Gasteiger partial charge in [0.2, 0.25) is 0 Å². The third-order valence-corrected chi connectivity index (χ3v) is 6.00. The predicted octanol–water partition coefficient (Wildman–Crippen LogP) is 6.72. The molecule has 0 aromatic heterocycles. The maximum Gasteiger partial charge on any atom is 0.120 e. The summed E-state index contributed by atoms with van der Waals surface area (Å²) in [6.45, 7) is 0.687. The summed E-state index contributed by atoms with van der Waals surface area (Å²) in [5.41, 5.74) is 5.68. The molecule has 1 aliphatic rings. The molecule has 166 valence electrons. The van der Waals surface area contributed by atoms with Gasteiger partial charge in [-0.3, -0.25) is 0 Å². The zero-order valence-corrected chi connectivity index (χ0v) is 19.9. The summed E-state index contributed by atoms with van der Waals surface area (Å²) < 4.78 is 11.9. The molecule has 1 N–H and O–H groups in total. The van der Waals surface area contributed by atoms with Gasteiger partial charge in [-0.25, -0.2) is 0 Å². The highest BCUT2D eigenvalue weighted by Crippen LogP contribution is 2.25. The van der Waals surface area contributed by atoms with Gasteiger partial charge in [-0.05, 0) is 63.7 Å². The van der Waals surface area contributed by atoms with Crippen molar-refractivity contribution in [2.75, 3.05) is 13.2 Å². The van der Waals surface area contributed by atoms with Crippen molar-refractivity contribution in [1.29, 1.82) is 0 Å². The number of aliphatic hydroxyl groups excluding tert-OH is 1. The first-order valence-electron chi connectivity index (χ1n) is 9.86. The van der Waals surface area contributed by atoms with Gasteiger partial charge in [-0.15, -0.1) is 46.4 Å². The van der Waals surface area contributed by atoms with Crippen molar-refractivity contribution in [2.24, 2.45) is 0 Å². The van der Waals surface area contributed by atoms with Crippen LogP contribution in [0, 0.1) is 0 Å². The van der Waals surface area contributed by atoms with E-state index < -0.39 is 6.10 Å². The smallest absolute Gasteiger partial charge is 0.120 e. The van der Waals surface area contributed by atoms with Crippen LogP contribution in [0.3, 0.4) is 0 Å². The Morgan fingerprint density at radius 3 is 1.61 bits per heavy atom. The molecule has 0 fully saturated rings. The minimum atomic E-state index is -0.581. The molecular weight excluding hydrogens is 478 g/mol. The summed E-state index contributed by atoms with van der Waals surface area (Å²) in [6, 6.07) is 11.5. The maximum absolute atomic E-state index is 10.3. The molecule has 0 aliphatic heterocycles. The van der Waals surface area contributed by atoms with Gasteiger partial charge in [0.05, 0.1) is 6.10 Å². The number of hydrogen-bond donors (Lipinski definition) is 1. The lowest BCUT2D eigenvalue weighted by atomic mass is 9.98. The fourth-order valence-corrected chi connectivity index (χ4v) is 4.03. The van der Waals surface area contributed by atoms with E-state index >= 15 is 0 Å². The molecule has 0 spiro atoms. The van der Waals surface area contributed by atoms with Crippen LogP contribution in [-0.4, -0.2) is 24.4 Å². The molecule has 0 radical (unpaired) electrons. The van der Waals surface area contributed by atoms with Gasteiger partial charge in [0, 0.05) is 29.9 Å². The molecule has 0 bridgehead atoms. The lowest BCUT2D eigenvalue weighted by Crippen LogP contribution is -2.16. The fraction of sp³-hybridized carbons (Fsp3) is 0.333. The van der Waals surface area contributed by atoms with E-state index in [0.29, 0.717) is 54.7 Å². The van der Waals surface area contributed by atoms with E-state index in [0.717, 1.165) is 33.4 Å². The SMILES string of the molecule is OC1C=C(COc2cc(CCl)cc(CCl)c2)C=C(COc2cc(CCl)cc(CCl)c2)C1. The van der Waals surface area contributed by atoms with E-state index in [1.165, 1.54) is 0 Å². The van der Waals surface area contributed by atoms with E-state index in [4.69, 9.17) is 55.9 Å². The van der Waals surface area contributed by atoms with Gasteiger partial charge < -0.3 is 14.6 Å². The summed E-state index contributed by atoms with van der Waals surface area (Å²) in [6.07, 6.45) is 3.74. The second kappa shape index (κ2) is 12.0. The van der Waals surface area contributed by atoms with Crippen molar-refractivity contribution in [3.63, 3.8) is 0 Å². The molecule has 7 heteroatoms. The number of benzene rings is 2. The van der Waals surface area contributed by atoms with Gasteiger partial charge >= 0.3 is 0 Å². The minimum absolute atomic E-state index is 0.326. The van der Waals surface area contributed by atoms with E-state index in [1.54, 1.807) is 6.08 Å². The van der Waals surface area contributed by atoms with Gasteiger partial charge in [0.1, 0.15) is 24.7 Å². The van der Waals surface area contributed by atoms with Crippen molar-refractivity contribution in [2.45, 2.75) is 36.0 Å². The zero-order chi connectivity index (χ0) is 22.2. The Balaban J connectivity index is 1.65. The molecule has 2 aromatic rings. The third kappa shape index (κ3) is 7.34. The quantitative estimate of drug-likeness (QED) is 0.367. The van der Waals surface area contributed by atoms with Crippen LogP contribution in [0.4, 0.5) is 0 Å². The lowest BCUT2D eigenvalue weighted by molar-refractivity contribution is 0.212. The Morgan fingerprint density at radius 1 is 0.710 bits per heavy atom. The first kappa shape index (κ1) is 24.3. The Bertz CT molecular complexity index is 911. The van der Waals surface area contributed by atoms with Crippen LogP contribution in [0.5, 0.6) is 11.5 Å². The monoisotopic (exact) mass is 500 g/mol. The number of halogens is 4. The van der Waals surface area contributed by atoms with Crippen molar-refractivity contribution in [3.8, 4) is 11.5 Å². The average Bonchev–Trinajstić information content (AvgIpc) is 2.80. The van der Waals surface area contributed by atoms with Crippen molar-refractivity contribution < 1.29 is 14.6 Å². The molecule has 1 aliphatic carbocycles. The highest BCUT2D eigenvalue weighted by Gasteiger charge is 2.15. The van der Waals surface area contributed by atoms with Crippen LogP contribution in [0.2, 0.25) is 0 Å². The van der Waals surface area contributed by atoms with Crippen LogP contribution in [0.15, 0.2) is 59.7 Å². The topological polar surface area (TPSA) is 38.7 Å². The zero-order valence-electron chi connectivity index (χ0n) is 16.9. The van der Waals surface area contributed by atoms with E-state index in [1.807, 2.05) is 42.5 Å². The molecule has 3 nitrogen and oxygen atoms in total. The maximum atomic E-state index is 10.3. The molecule has 0 amide bonds. The van der Waals surface area contributed by atoms with Crippen molar-refractivity contribution in [3.05, 3.63) is 82.0 Å². The first-order chi connectivity index (χ1) is 15.0. The number of aliphatic hydroxyl groups is 1. The van der Waals surface area contributed by atoms with Crippen LogP contribution >= 0.6 is 46.4 Å². The van der Waals surface area contributed by atoms with E-state index in [2.05, 4.69) is 0 Å². The molecule has 31 heavy (non-hydrogen) atoms. The van der Waals surface area contributed by atoms with E-state index in [-0.39, 0.29) is 0 Å². The van der Waals surface area contributed by atoms with Gasteiger partial charge in [-0.2, -0.15) is 0 Å². The highest BCUT2D eigenvalue weighted by atomic mass is 35.5. The molecule has 3 rings (SSSR count). The first-order valence-corrected chi connectivity index (χ1v) is 12.0. The molecule has 0 saturated heterocycles. The third-order valence-electron chi connectivity index (χ3n) is 4.77. The number of hydrogen-bond acceptors (Lipinski definition) is 3. The van der Waals surface area contributed by atoms with Crippen LogP contribution in [0.1, 0.15) is 28.7 Å². The summed E-state index contributed by atoms with van der Waals surface area (Å²) in [5.74, 6) is 2.97. The highest BCUT2D eigenvalue weighted by molar-refractivity contribution is 6.18. The molecule has 1 atom stereocenters. The standard InChI is InChI=1S/C24H24Cl4O3/c25-10-16-1-17(11-26)7-23(6-16)30-14-20-3-21(5-22(29)4-20)15-31-24-8-18(12-27)2-19(9-24)13-28/h1-4,6-9,22,29H,5,10-15H2. The number of rotatable bonds is 10. The normalized spacial score (nSPS) is 16.0. The second-order valence-corrected chi connectivity index (χ2v) is 8.47. The van der Waals surface area contributed by atoms with Gasteiger partial charge in [0.25, 0.3) is 0 Å². The Morgan fingerprint density at radius 2 is 1.16 bits per heavy atom. The minimum Gasteiger partial charge on any atom is -0.489 e.